The zero-order valence-electron chi connectivity index (χ0n) is 8.32. The van der Waals surface area contributed by atoms with Gasteiger partial charge < -0.3 is 10.4 Å². The molecule has 0 rings (SSSR count). The van der Waals surface area contributed by atoms with Crippen molar-refractivity contribution >= 4 is 10.1 Å². The van der Waals surface area contributed by atoms with E-state index in [1.54, 1.807) is 0 Å². The summed E-state index contributed by atoms with van der Waals surface area (Å²) in [4.78, 5) is 0. The van der Waals surface area contributed by atoms with Gasteiger partial charge in [-0.1, -0.05) is 13.8 Å². The van der Waals surface area contributed by atoms with Crippen LogP contribution in [0.15, 0.2) is 0 Å². The third kappa shape index (κ3) is 24.5. The number of rotatable bonds is 4. The zero-order valence-corrected chi connectivity index (χ0v) is 9.13. The van der Waals surface area contributed by atoms with Crippen LogP contribution in [0.1, 0.15) is 20.8 Å². The normalized spacial score (nSPS) is 10.9. The molecular weight excluding hydrogens is 194 g/mol. The summed E-state index contributed by atoms with van der Waals surface area (Å²) >= 11 is 0. The van der Waals surface area contributed by atoms with Gasteiger partial charge in [0, 0.05) is 12.6 Å². The minimum Gasteiger partial charge on any atom is -0.395 e. The highest BCUT2D eigenvalue weighted by Gasteiger charge is 1.93. The minimum absolute atomic E-state index is 0.201. The Bertz CT molecular complexity index is 189. The molecule has 82 valence electrons. The second kappa shape index (κ2) is 8.43. The fourth-order valence-corrected chi connectivity index (χ4v) is 0.353. The van der Waals surface area contributed by atoms with Crippen molar-refractivity contribution in [2.45, 2.75) is 26.8 Å². The molecule has 0 heterocycles. The fourth-order valence-electron chi connectivity index (χ4n) is 0.353. The van der Waals surface area contributed by atoms with E-state index in [1.807, 2.05) is 0 Å². The van der Waals surface area contributed by atoms with Crippen LogP contribution in [0.25, 0.3) is 0 Å². The summed E-state index contributed by atoms with van der Waals surface area (Å²) in [7, 11) is -3.66. The van der Waals surface area contributed by atoms with Gasteiger partial charge in [0.25, 0.3) is 10.1 Å². The lowest BCUT2D eigenvalue weighted by atomic mass is 10.4. The molecule has 0 aliphatic rings. The monoisotopic (exact) mass is 213 g/mol. The molecule has 0 radical (unpaired) electrons. The van der Waals surface area contributed by atoms with Gasteiger partial charge in [-0.2, -0.15) is 8.42 Å². The van der Waals surface area contributed by atoms with Gasteiger partial charge in [0.2, 0.25) is 0 Å². The Morgan fingerprint density at radius 1 is 1.38 bits per heavy atom. The SMILES string of the molecule is CC(C)NCCO.CCS(=O)(=O)O. The van der Waals surface area contributed by atoms with Crippen molar-refractivity contribution < 1.29 is 18.1 Å². The zero-order chi connectivity index (χ0) is 10.9. The topological polar surface area (TPSA) is 86.6 Å². The molecule has 0 aliphatic heterocycles. The molecular formula is C7H19NO4S. The quantitative estimate of drug-likeness (QED) is 0.566. The summed E-state index contributed by atoms with van der Waals surface area (Å²) < 4.78 is 26.9. The molecule has 0 aromatic heterocycles. The highest BCUT2D eigenvalue weighted by molar-refractivity contribution is 7.85. The van der Waals surface area contributed by atoms with E-state index in [0.29, 0.717) is 12.6 Å². The highest BCUT2D eigenvalue weighted by Crippen LogP contribution is 1.74. The number of nitrogens with one attached hydrogen (secondary N) is 1. The van der Waals surface area contributed by atoms with Crippen LogP contribution in [-0.2, 0) is 10.1 Å². The molecule has 0 aromatic carbocycles. The Kier molecular flexibility index (Phi) is 9.93. The molecule has 0 saturated heterocycles. The van der Waals surface area contributed by atoms with Gasteiger partial charge in [0.05, 0.1) is 12.4 Å². The summed E-state index contributed by atoms with van der Waals surface area (Å²) in [5.41, 5.74) is 0. The number of hydrogen-bond acceptors (Lipinski definition) is 4. The van der Waals surface area contributed by atoms with Crippen LogP contribution in [0.2, 0.25) is 0 Å². The largest absolute Gasteiger partial charge is 0.395 e. The van der Waals surface area contributed by atoms with Crippen LogP contribution in [0.5, 0.6) is 0 Å². The van der Waals surface area contributed by atoms with Gasteiger partial charge in [-0.25, -0.2) is 0 Å². The van der Waals surface area contributed by atoms with Crippen LogP contribution in [0, 0.1) is 0 Å². The van der Waals surface area contributed by atoms with Crippen LogP contribution >= 0.6 is 0 Å². The fraction of sp³-hybridized carbons (Fsp3) is 1.00. The van der Waals surface area contributed by atoms with Crippen LogP contribution in [-0.4, -0.2) is 43.0 Å². The van der Waals surface area contributed by atoms with Gasteiger partial charge in [0.15, 0.2) is 0 Å². The van der Waals surface area contributed by atoms with E-state index in [0.717, 1.165) is 0 Å². The summed E-state index contributed by atoms with van der Waals surface area (Å²) in [6.45, 7) is 6.41. The first-order valence-electron chi connectivity index (χ1n) is 4.12. The Labute approximate surface area is 79.9 Å². The van der Waals surface area contributed by atoms with Crippen LogP contribution < -0.4 is 5.32 Å². The van der Waals surface area contributed by atoms with Gasteiger partial charge in [-0.3, -0.25) is 4.55 Å². The van der Waals surface area contributed by atoms with Gasteiger partial charge in [-0.15, -0.1) is 0 Å². The lowest BCUT2D eigenvalue weighted by Gasteiger charge is -2.03. The molecule has 0 spiro atoms. The second-order valence-electron chi connectivity index (χ2n) is 2.70. The number of hydrogen-bond donors (Lipinski definition) is 3. The van der Waals surface area contributed by atoms with E-state index in [1.165, 1.54) is 6.92 Å². The van der Waals surface area contributed by atoms with Crippen LogP contribution in [0.4, 0.5) is 0 Å². The Balaban J connectivity index is 0. The molecule has 5 nitrogen and oxygen atoms in total. The maximum absolute atomic E-state index is 9.56. The molecule has 6 heteroatoms. The summed E-state index contributed by atoms with van der Waals surface area (Å²) in [5, 5.41) is 11.3. The molecule has 0 aromatic rings. The van der Waals surface area contributed by atoms with E-state index in [2.05, 4.69) is 19.2 Å². The van der Waals surface area contributed by atoms with Crippen LogP contribution in [0.3, 0.4) is 0 Å². The predicted octanol–water partition coefficient (Wildman–Crippen LogP) is -0.129. The number of aliphatic hydroxyl groups is 1. The van der Waals surface area contributed by atoms with Crippen molar-refractivity contribution in [3.63, 3.8) is 0 Å². The van der Waals surface area contributed by atoms with E-state index in [4.69, 9.17) is 9.66 Å². The maximum Gasteiger partial charge on any atom is 0.264 e. The molecule has 0 unspecified atom stereocenters. The summed E-state index contributed by atoms with van der Waals surface area (Å²) in [6, 6.07) is 0.493. The van der Waals surface area contributed by atoms with Crippen molar-refractivity contribution in [3.8, 4) is 0 Å². The highest BCUT2D eigenvalue weighted by atomic mass is 32.2. The molecule has 0 amide bonds. The first-order valence-corrected chi connectivity index (χ1v) is 5.73. The smallest absolute Gasteiger partial charge is 0.264 e. The van der Waals surface area contributed by atoms with Crippen molar-refractivity contribution in [2.75, 3.05) is 18.9 Å². The molecule has 13 heavy (non-hydrogen) atoms. The average molecular weight is 213 g/mol. The van der Waals surface area contributed by atoms with E-state index >= 15 is 0 Å². The maximum atomic E-state index is 9.56. The lowest BCUT2D eigenvalue weighted by molar-refractivity contribution is 0.287. The van der Waals surface area contributed by atoms with Crippen molar-refractivity contribution in [1.29, 1.82) is 0 Å². The Hall–Kier alpha value is -0.170. The third-order valence-electron chi connectivity index (χ3n) is 1.03. The minimum atomic E-state index is -3.66. The summed E-state index contributed by atoms with van der Waals surface area (Å²) in [5.74, 6) is -0.201. The summed E-state index contributed by atoms with van der Waals surface area (Å²) in [6.07, 6.45) is 0. The Morgan fingerprint density at radius 2 is 1.77 bits per heavy atom. The predicted molar refractivity (Wildman–Crippen MR) is 52.3 cm³/mol. The van der Waals surface area contributed by atoms with Crippen molar-refractivity contribution in [3.05, 3.63) is 0 Å². The molecule has 0 bridgehead atoms. The molecule has 0 atom stereocenters. The van der Waals surface area contributed by atoms with Crippen molar-refractivity contribution in [2.24, 2.45) is 0 Å². The first kappa shape index (κ1) is 15.3. The van der Waals surface area contributed by atoms with E-state index < -0.39 is 10.1 Å². The van der Waals surface area contributed by atoms with Gasteiger partial charge >= 0.3 is 0 Å². The molecule has 0 saturated carbocycles. The molecule has 0 aliphatic carbocycles. The number of aliphatic hydroxyl groups excluding tert-OH is 1. The first-order chi connectivity index (χ1) is 5.83. The van der Waals surface area contributed by atoms with Gasteiger partial charge in [-0.05, 0) is 6.92 Å². The third-order valence-corrected chi connectivity index (χ3v) is 1.76. The molecule has 3 N–H and O–H groups in total. The van der Waals surface area contributed by atoms with E-state index in [-0.39, 0.29) is 12.4 Å². The van der Waals surface area contributed by atoms with Gasteiger partial charge in [0.1, 0.15) is 0 Å². The Morgan fingerprint density at radius 3 is 1.85 bits per heavy atom. The molecule has 0 fully saturated rings. The average Bonchev–Trinajstić information content (AvgIpc) is 2.01. The van der Waals surface area contributed by atoms with E-state index in [9.17, 15) is 8.42 Å². The second-order valence-corrected chi connectivity index (χ2v) is 4.44. The standard InChI is InChI=1S/C5H13NO.C2H6O3S/c1-5(2)6-3-4-7;1-2-6(3,4)5/h5-7H,3-4H2,1-2H3;2H2,1H3,(H,3,4,5). The lowest BCUT2D eigenvalue weighted by Crippen LogP contribution is -2.25. The van der Waals surface area contributed by atoms with Crippen molar-refractivity contribution in [1.82, 2.24) is 5.32 Å².